The van der Waals surface area contributed by atoms with Crippen molar-refractivity contribution in [1.82, 2.24) is 15.1 Å². The average molecular weight is 387 g/mol. The standard InChI is InChI=1S/C23H21N3O3/c1-16(27)18-12-10-17(11-13-18)7-6-14-24-23(28)21-15-20(25-26(21)2)19-8-4-5-9-22(19)29-3/h4-5,8-13,15H,14H2,1-3H3,(H,24,28). The average Bonchev–Trinajstić information content (AvgIpc) is 3.13. The summed E-state index contributed by atoms with van der Waals surface area (Å²) in [5.74, 6) is 6.32. The molecule has 1 N–H and O–H groups in total. The SMILES string of the molecule is COc1ccccc1-c1cc(C(=O)NCC#Cc2ccc(C(C)=O)cc2)n(C)n1. The van der Waals surface area contributed by atoms with E-state index in [1.165, 1.54) is 11.6 Å². The zero-order valence-corrected chi connectivity index (χ0v) is 16.5. The van der Waals surface area contributed by atoms with Crippen molar-refractivity contribution in [2.75, 3.05) is 13.7 Å². The maximum atomic E-state index is 12.5. The van der Waals surface area contributed by atoms with Crippen LogP contribution in [0.1, 0.15) is 33.3 Å². The quantitative estimate of drug-likeness (QED) is 0.539. The zero-order valence-electron chi connectivity index (χ0n) is 16.5. The number of para-hydroxylation sites is 1. The lowest BCUT2D eigenvalue weighted by molar-refractivity contribution is 0.0948. The Bertz CT molecular complexity index is 1100. The Labute approximate surface area is 169 Å². The molecule has 29 heavy (non-hydrogen) atoms. The van der Waals surface area contributed by atoms with Gasteiger partial charge in [-0.25, -0.2) is 0 Å². The Morgan fingerprint density at radius 1 is 1.14 bits per heavy atom. The molecule has 146 valence electrons. The number of methoxy groups -OCH3 is 1. The summed E-state index contributed by atoms with van der Waals surface area (Å²) in [5, 5.41) is 7.20. The molecule has 0 aliphatic carbocycles. The summed E-state index contributed by atoms with van der Waals surface area (Å²) >= 11 is 0. The van der Waals surface area contributed by atoms with Gasteiger partial charge in [0.15, 0.2) is 5.78 Å². The number of carbonyl (C=O) groups is 2. The van der Waals surface area contributed by atoms with Crippen LogP contribution in [0.4, 0.5) is 0 Å². The predicted molar refractivity (Wildman–Crippen MR) is 111 cm³/mol. The summed E-state index contributed by atoms with van der Waals surface area (Å²) in [6, 6.07) is 16.3. The van der Waals surface area contributed by atoms with Crippen LogP contribution in [0.3, 0.4) is 0 Å². The molecule has 0 radical (unpaired) electrons. The van der Waals surface area contributed by atoms with Crippen LogP contribution in [-0.2, 0) is 7.05 Å². The number of aryl methyl sites for hydroxylation is 1. The summed E-state index contributed by atoms with van der Waals surface area (Å²) in [6.07, 6.45) is 0. The molecule has 6 nitrogen and oxygen atoms in total. The van der Waals surface area contributed by atoms with E-state index in [4.69, 9.17) is 4.74 Å². The van der Waals surface area contributed by atoms with Crippen molar-refractivity contribution in [2.45, 2.75) is 6.92 Å². The van der Waals surface area contributed by atoms with Gasteiger partial charge in [0.1, 0.15) is 11.4 Å². The number of amides is 1. The molecule has 0 bridgehead atoms. The first-order valence-corrected chi connectivity index (χ1v) is 9.05. The number of carbonyl (C=O) groups excluding carboxylic acids is 2. The fourth-order valence-electron chi connectivity index (χ4n) is 2.82. The van der Waals surface area contributed by atoms with Crippen molar-refractivity contribution in [3.63, 3.8) is 0 Å². The summed E-state index contributed by atoms with van der Waals surface area (Å²) in [6.45, 7) is 1.72. The van der Waals surface area contributed by atoms with Gasteiger partial charge in [0.2, 0.25) is 0 Å². The highest BCUT2D eigenvalue weighted by atomic mass is 16.5. The van der Waals surface area contributed by atoms with Crippen LogP contribution in [0.25, 0.3) is 11.3 Å². The lowest BCUT2D eigenvalue weighted by Crippen LogP contribution is -2.25. The summed E-state index contributed by atoms with van der Waals surface area (Å²) in [5.41, 5.74) is 3.33. The monoisotopic (exact) mass is 387 g/mol. The molecule has 0 atom stereocenters. The second-order valence-electron chi connectivity index (χ2n) is 6.36. The number of aromatic nitrogens is 2. The number of rotatable bonds is 5. The third-order valence-corrected chi connectivity index (χ3v) is 4.36. The number of ketones is 1. The lowest BCUT2D eigenvalue weighted by Gasteiger charge is -2.04. The van der Waals surface area contributed by atoms with E-state index in [1.807, 2.05) is 24.3 Å². The minimum absolute atomic E-state index is 0.0143. The van der Waals surface area contributed by atoms with Gasteiger partial charge in [-0.15, -0.1) is 0 Å². The van der Waals surface area contributed by atoms with Crippen molar-refractivity contribution in [3.05, 3.63) is 71.4 Å². The van der Waals surface area contributed by atoms with Crippen LogP contribution >= 0.6 is 0 Å². The Kier molecular flexibility index (Phi) is 6.10. The van der Waals surface area contributed by atoms with E-state index in [0.29, 0.717) is 22.7 Å². The number of nitrogens with one attached hydrogen (secondary N) is 1. The van der Waals surface area contributed by atoms with Gasteiger partial charge in [0.25, 0.3) is 5.91 Å². The van der Waals surface area contributed by atoms with Gasteiger partial charge in [-0.1, -0.05) is 36.1 Å². The molecular formula is C23H21N3O3. The number of benzene rings is 2. The molecule has 0 saturated heterocycles. The van der Waals surface area contributed by atoms with Crippen LogP contribution in [0.5, 0.6) is 5.75 Å². The molecule has 0 spiro atoms. The van der Waals surface area contributed by atoms with Gasteiger partial charge in [-0.05, 0) is 37.3 Å². The van der Waals surface area contributed by atoms with Crippen molar-refractivity contribution >= 4 is 11.7 Å². The highest BCUT2D eigenvalue weighted by Crippen LogP contribution is 2.28. The summed E-state index contributed by atoms with van der Waals surface area (Å²) < 4.78 is 6.90. The number of hydrogen-bond acceptors (Lipinski definition) is 4. The number of ether oxygens (including phenoxy) is 1. The second-order valence-corrected chi connectivity index (χ2v) is 6.36. The first-order valence-electron chi connectivity index (χ1n) is 9.05. The maximum absolute atomic E-state index is 12.5. The van der Waals surface area contributed by atoms with Crippen LogP contribution in [-0.4, -0.2) is 35.1 Å². The smallest absolute Gasteiger partial charge is 0.270 e. The Morgan fingerprint density at radius 3 is 2.55 bits per heavy atom. The molecule has 3 rings (SSSR count). The molecule has 0 saturated carbocycles. The van der Waals surface area contributed by atoms with Gasteiger partial charge in [-0.2, -0.15) is 5.10 Å². The molecule has 1 aromatic heterocycles. The number of hydrogen-bond donors (Lipinski definition) is 1. The largest absolute Gasteiger partial charge is 0.496 e. The van der Waals surface area contributed by atoms with E-state index < -0.39 is 0 Å². The third-order valence-electron chi connectivity index (χ3n) is 4.36. The van der Waals surface area contributed by atoms with E-state index in [1.54, 1.807) is 44.5 Å². The molecule has 0 unspecified atom stereocenters. The molecule has 2 aromatic carbocycles. The van der Waals surface area contributed by atoms with E-state index in [9.17, 15) is 9.59 Å². The Hall–Kier alpha value is -3.85. The summed E-state index contributed by atoms with van der Waals surface area (Å²) in [4.78, 5) is 23.8. The Balaban J connectivity index is 1.66. The van der Waals surface area contributed by atoms with E-state index in [0.717, 1.165) is 11.1 Å². The first-order chi connectivity index (χ1) is 14.0. The van der Waals surface area contributed by atoms with Crippen LogP contribution in [0.15, 0.2) is 54.6 Å². The van der Waals surface area contributed by atoms with Gasteiger partial charge in [0.05, 0.1) is 19.3 Å². The first kappa shape index (κ1) is 19.9. The fourth-order valence-corrected chi connectivity index (χ4v) is 2.82. The molecular weight excluding hydrogens is 366 g/mol. The van der Waals surface area contributed by atoms with Gasteiger partial charge in [0, 0.05) is 23.7 Å². The van der Waals surface area contributed by atoms with Crippen molar-refractivity contribution < 1.29 is 14.3 Å². The molecule has 6 heteroatoms. The topological polar surface area (TPSA) is 73.2 Å². The fraction of sp³-hybridized carbons (Fsp3) is 0.174. The van der Waals surface area contributed by atoms with E-state index >= 15 is 0 Å². The van der Waals surface area contributed by atoms with Gasteiger partial charge in [-0.3, -0.25) is 14.3 Å². The highest BCUT2D eigenvalue weighted by Gasteiger charge is 2.15. The lowest BCUT2D eigenvalue weighted by atomic mass is 10.1. The Morgan fingerprint density at radius 2 is 1.86 bits per heavy atom. The number of Topliss-reactive ketones (excluding diaryl/α,β-unsaturated/α-hetero) is 1. The normalized spacial score (nSPS) is 10.0. The molecule has 0 fully saturated rings. The van der Waals surface area contributed by atoms with Crippen molar-refractivity contribution in [3.8, 4) is 28.8 Å². The maximum Gasteiger partial charge on any atom is 0.270 e. The third kappa shape index (κ3) is 4.71. The minimum atomic E-state index is -0.262. The summed E-state index contributed by atoms with van der Waals surface area (Å²) in [7, 11) is 3.32. The zero-order chi connectivity index (χ0) is 20.8. The van der Waals surface area contributed by atoms with Crippen molar-refractivity contribution in [2.24, 2.45) is 7.05 Å². The second kappa shape index (κ2) is 8.89. The predicted octanol–water partition coefficient (Wildman–Crippen LogP) is 3.08. The molecule has 1 amide bonds. The highest BCUT2D eigenvalue weighted by molar-refractivity contribution is 5.94. The van der Waals surface area contributed by atoms with Crippen LogP contribution < -0.4 is 10.1 Å². The van der Waals surface area contributed by atoms with E-state index in [-0.39, 0.29) is 18.2 Å². The number of nitrogens with zero attached hydrogens (tertiary/aromatic N) is 2. The van der Waals surface area contributed by atoms with Crippen LogP contribution in [0, 0.1) is 11.8 Å². The van der Waals surface area contributed by atoms with Gasteiger partial charge < -0.3 is 10.1 Å². The van der Waals surface area contributed by atoms with Gasteiger partial charge >= 0.3 is 0 Å². The van der Waals surface area contributed by atoms with E-state index in [2.05, 4.69) is 22.3 Å². The molecule has 3 aromatic rings. The minimum Gasteiger partial charge on any atom is -0.496 e. The molecule has 0 aliphatic heterocycles. The molecule has 0 aliphatic rings. The van der Waals surface area contributed by atoms with Crippen molar-refractivity contribution in [1.29, 1.82) is 0 Å². The van der Waals surface area contributed by atoms with Crippen LogP contribution in [0.2, 0.25) is 0 Å². The molecule has 1 heterocycles.